The average Bonchev–Trinajstić information content (AvgIpc) is 2.23. The van der Waals surface area contributed by atoms with Crippen molar-refractivity contribution in [3.05, 3.63) is 34.3 Å². The molecule has 1 amide bonds. The molecule has 2 aromatic rings. The highest BCUT2D eigenvalue weighted by molar-refractivity contribution is 5.93. The zero-order valence-electron chi connectivity index (χ0n) is 8.90. The molecule has 1 heterocycles. The van der Waals surface area contributed by atoms with Crippen molar-refractivity contribution in [1.29, 1.82) is 0 Å². The number of benzene rings is 1. The zero-order valence-corrected chi connectivity index (χ0v) is 8.90. The van der Waals surface area contributed by atoms with Crippen LogP contribution in [0.25, 0.3) is 10.8 Å². The molecule has 5 heteroatoms. The standard InChI is InChI=1S/C11H10N2O3/c1-6-10-5-8(12-7(2)14)3-4-9(10)11(15)16-13-6/h3-5H,1-2H3,(H,12,14). The van der Waals surface area contributed by atoms with Crippen molar-refractivity contribution < 1.29 is 9.32 Å². The molecule has 0 spiro atoms. The summed E-state index contributed by atoms with van der Waals surface area (Å²) in [6.45, 7) is 3.16. The number of carbonyl (C=O) groups is 1. The van der Waals surface area contributed by atoms with Crippen LogP contribution in [0.2, 0.25) is 0 Å². The Labute approximate surface area is 91.1 Å². The van der Waals surface area contributed by atoms with Gasteiger partial charge in [-0.15, -0.1) is 0 Å². The van der Waals surface area contributed by atoms with Crippen LogP contribution in [0.15, 0.2) is 27.5 Å². The molecular formula is C11H10N2O3. The van der Waals surface area contributed by atoms with Gasteiger partial charge < -0.3 is 9.84 Å². The lowest BCUT2D eigenvalue weighted by Crippen LogP contribution is -2.07. The third kappa shape index (κ3) is 1.79. The van der Waals surface area contributed by atoms with Gasteiger partial charge in [-0.25, -0.2) is 4.79 Å². The summed E-state index contributed by atoms with van der Waals surface area (Å²) in [6, 6.07) is 4.97. The Kier molecular flexibility index (Phi) is 2.44. The largest absolute Gasteiger partial charge is 0.366 e. The predicted molar refractivity (Wildman–Crippen MR) is 59.3 cm³/mol. The number of anilines is 1. The summed E-state index contributed by atoms with van der Waals surface area (Å²) in [5.41, 5.74) is 0.771. The topological polar surface area (TPSA) is 72.2 Å². The summed E-state index contributed by atoms with van der Waals surface area (Å²) in [5.74, 6) is -0.159. The molecule has 16 heavy (non-hydrogen) atoms. The van der Waals surface area contributed by atoms with Gasteiger partial charge in [0.05, 0.1) is 11.1 Å². The maximum Gasteiger partial charge on any atom is 0.366 e. The molecule has 2 rings (SSSR count). The lowest BCUT2D eigenvalue weighted by molar-refractivity contribution is -0.114. The number of aryl methyl sites for hydroxylation is 1. The van der Waals surface area contributed by atoms with Crippen LogP contribution >= 0.6 is 0 Å². The van der Waals surface area contributed by atoms with Gasteiger partial charge in [0, 0.05) is 18.0 Å². The first kappa shape index (κ1) is 10.4. The second kappa shape index (κ2) is 3.77. The number of rotatable bonds is 1. The van der Waals surface area contributed by atoms with Crippen molar-refractivity contribution in [2.75, 3.05) is 5.32 Å². The highest BCUT2D eigenvalue weighted by atomic mass is 16.5. The number of aromatic nitrogens is 1. The Balaban J connectivity index is 2.66. The molecule has 0 aliphatic heterocycles. The molecule has 0 aliphatic rings. The molecule has 0 aliphatic carbocycles. The Morgan fingerprint density at radius 2 is 2.12 bits per heavy atom. The highest BCUT2D eigenvalue weighted by Gasteiger charge is 2.06. The normalized spacial score (nSPS) is 10.4. The first-order valence-corrected chi connectivity index (χ1v) is 4.76. The first-order valence-electron chi connectivity index (χ1n) is 4.76. The van der Waals surface area contributed by atoms with E-state index in [1.807, 2.05) is 0 Å². The highest BCUT2D eigenvalue weighted by Crippen LogP contribution is 2.18. The first-order chi connectivity index (χ1) is 7.58. The molecule has 82 valence electrons. The molecule has 5 nitrogen and oxygen atoms in total. The van der Waals surface area contributed by atoms with E-state index in [4.69, 9.17) is 0 Å². The van der Waals surface area contributed by atoms with E-state index in [9.17, 15) is 9.59 Å². The zero-order chi connectivity index (χ0) is 11.7. The summed E-state index contributed by atoms with van der Waals surface area (Å²) in [6.07, 6.45) is 0. The molecule has 0 radical (unpaired) electrons. The molecule has 1 aromatic carbocycles. The molecule has 0 bridgehead atoms. The summed E-state index contributed by atoms with van der Waals surface area (Å²) >= 11 is 0. The Hall–Kier alpha value is -2.17. The number of hydrogen-bond donors (Lipinski definition) is 1. The van der Waals surface area contributed by atoms with Crippen molar-refractivity contribution in [3.63, 3.8) is 0 Å². The van der Waals surface area contributed by atoms with E-state index in [0.717, 1.165) is 0 Å². The maximum absolute atomic E-state index is 11.3. The van der Waals surface area contributed by atoms with Gasteiger partial charge in [-0.3, -0.25) is 4.79 Å². The van der Waals surface area contributed by atoms with Crippen LogP contribution in [0.1, 0.15) is 12.6 Å². The smallest absolute Gasteiger partial charge is 0.326 e. The molecule has 0 saturated heterocycles. The predicted octanol–water partition coefficient (Wildman–Crippen LogP) is 1.45. The second-order valence-electron chi connectivity index (χ2n) is 3.50. The van der Waals surface area contributed by atoms with Gasteiger partial charge in [0.25, 0.3) is 0 Å². The van der Waals surface area contributed by atoms with Gasteiger partial charge in [0.1, 0.15) is 0 Å². The Morgan fingerprint density at radius 1 is 1.38 bits per heavy atom. The van der Waals surface area contributed by atoms with Crippen molar-refractivity contribution in [2.24, 2.45) is 0 Å². The molecule has 1 aromatic heterocycles. The van der Waals surface area contributed by atoms with E-state index in [0.29, 0.717) is 22.2 Å². The number of nitrogens with one attached hydrogen (secondary N) is 1. The van der Waals surface area contributed by atoms with Gasteiger partial charge in [0.2, 0.25) is 5.91 Å². The fourth-order valence-electron chi connectivity index (χ4n) is 1.51. The third-order valence-electron chi connectivity index (χ3n) is 2.22. The number of fused-ring (bicyclic) bond motifs is 1. The van der Waals surface area contributed by atoms with E-state index < -0.39 is 5.63 Å². The van der Waals surface area contributed by atoms with Gasteiger partial charge in [-0.05, 0) is 25.1 Å². The molecule has 0 saturated carbocycles. The van der Waals surface area contributed by atoms with Gasteiger partial charge in [-0.2, -0.15) is 0 Å². The van der Waals surface area contributed by atoms with Crippen LogP contribution in [0.5, 0.6) is 0 Å². The SMILES string of the molecule is CC(=O)Nc1ccc2c(=O)onc(C)c2c1. The molecule has 0 atom stereocenters. The lowest BCUT2D eigenvalue weighted by atomic mass is 10.1. The maximum atomic E-state index is 11.3. The van der Waals surface area contributed by atoms with Crippen LogP contribution in [0.3, 0.4) is 0 Å². The summed E-state index contributed by atoms with van der Waals surface area (Å²) in [7, 11) is 0. The fraction of sp³-hybridized carbons (Fsp3) is 0.182. The van der Waals surface area contributed by atoms with Crippen molar-refractivity contribution >= 4 is 22.4 Å². The van der Waals surface area contributed by atoms with E-state index in [-0.39, 0.29) is 5.91 Å². The number of amides is 1. The van der Waals surface area contributed by atoms with Gasteiger partial charge in [0.15, 0.2) is 0 Å². The third-order valence-corrected chi connectivity index (χ3v) is 2.22. The molecule has 0 fully saturated rings. The number of nitrogens with zero attached hydrogens (tertiary/aromatic N) is 1. The summed E-state index contributed by atoms with van der Waals surface area (Å²) < 4.78 is 4.60. The van der Waals surface area contributed by atoms with Gasteiger partial charge in [-0.1, -0.05) is 5.16 Å². The average molecular weight is 218 g/mol. The quantitative estimate of drug-likeness (QED) is 0.786. The van der Waals surface area contributed by atoms with Crippen molar-refractivity contribution in [3.8, 4) is 0 Å². The van der Waals surface area contributed by atoms with Crippen LogP contribution < -0.4 is 10.9 Å². The van der Waals surface area contributed by atoms with E-state index >= 15 is 0 Å². The summed E-state index contributed by atoms with van der Waals surface area (Å²) in [5, 5.41) is 7.41. The fourth-order valence-corrected chi connectivity index (χ4v) is 1.51. The molecule has 1 N–H and O–H groups in total. The van der Waals surface area contributed by atoms with Gasteiger partial charge >= 0.3 is 5.63 Å². The van der Waals surface area contributed by atoms with Crippen LogP contribution in [0.4, 0.5) is 5.69 Å². The van der Waals surface area contributed by atoms with Crippen molar-refractivity contribution in [1.82, 2.24) is 5.16 Å². The van der Waals surface area contributed by atoms with Crippen LogP contribution in [-0.2, 0) is 4.79 Å². The number of carbonyl (C=O) groups excluding carboxylic acids is 1. The summed E-state index contributed by atoms with van der Waals surface area (Å²) in [4.78, 5) is 22.2. The Morgan fingerprint density at radius 3 is 2.81 bits per heavy atom. The molecular weight excluding hydrogens is 208 g/mol. The van der Waals surface area contributed by atoms with E-state index in [2.05, 4.69) is 15.0 Å². The second-order valence-corrected chi connectivity index (χ2v) is 3.50. The van der Waals surface area contributed by atoms with E-state index in [1.54, 1.807) is 25.1 Å². The lowest BCUT2D eigenvalue weighted by Gasteiger charge is -2.04. The van der Waals surface area contributed by atoms with Crippen LogP contribution in [-0.4, -0.2) is 11.1 Å². The van der Waals surface area contributed by atoms with Crippen molar-refractivity contribution in [2.45, 2.75) is 13.8 Å². The minimum atomic E-state index is -0.477. The van der Waals surface area contributed by atoms with Crippen LogP contribution in [0, 0.1) is 6.92 Å². The molecule has 0 unspecified atom stereocenters. The Bertz CT molecular complexity index is 616. The minimum Gasteiger partial charge on any atom is -0.326 e. The monoisotopic (exact) mass is 218 g/mol. The minimum absolute atomic E-state index is 0.159. The van der Waals surface area contributed by atoms with E-state index in [1.165, 1.54) is 6.92 Å². The number of hydrogen-bond acceptors (Lipinski definition) is 4.